The van der Waals surface area contributed by atoms with Crippen LogP contribution in [0.3, 0.4) is 0 Å². The molecule has 0 unspecified atom stereocenters. The van der Waals surface area contributed by atoms with Crippen molar-refractivity contribution in [2.75, 3.05) is 6.61 Å². The number of carbonyl (C=O) groups excluding carboxylic acids is 2. The smallest absolute Gasteiger partial charge is 0.293 e. The molecule has 0 aromatic heterocycles. The van der Waals surface area contributed by atoms with Gasteiger partial charge in [-0.1, -0.05) is 58.9 Å². The van der Waals surface area contributed by atoms with Gasteiger partial charge in [0, 0.05) is 4.47 Å². The van der Waals surface area contributed by atoms with Crippen molar-refractivity contribution < 1.29 is 14.3 Å². The second kappa shape index (κ2) is 8.38. The van der Waals surface area contributed by atoms with E-state index < -0.39 is 0 Å². The molecule has 1 heterocycles. The molecule has 0 N–H and O–H groups in total. The fourth-order valence-corrected chi connectivity index (χ4v) is 3.65. The van der Waals surface area contributed by atoms with E-state index in [0.717, 1.165) is 33.1 Å². The maximum Gasteiger partial charge on any atom is 0.293 e. The predicted octanol–water partition coefficient (Wildman–Crippen LogP) is 5.25. The lowest BCUT2D eigenvalue weighted by Gasteiger charge is -2.13. The standard InChI is InChI=1S/C20H16BrNO3S/c1-2-11-25-16-9-7-14(8-10-16)12-18-19(23)22(20(24)26-18)13-15-5-3-4-6-17(15)21/h2-10,12H,1,11,13H2/b18-12-. The zero-order valence-corrected chi connectivity index (χ0v) is 16.3. The molecule has 1 aliphatic rings. The fraction of sp³-hybridized carbons (Fsp3) is 0.100. The van der Waals surface area contributed by atoms with Crippen LogP contribution in [-0.4, -0.2) is 22.7 Å². The van der Waals surface area contributed by atoms with E-state index in [1.165, 1.54) is 4.90 Å². The van der Waals surface area contributed by atoms with Gasteiger partial charge in [-0.2, -0.15) is 0 Å². The molecule has 2 aromatic rings. The largest absolute Gasteiger partial charge is 0.490 e. The number of hydrogen-bond donors (Lipinski definition) is 0. The van der Waals surface area contributed by atoms with E-state index in [-0.39, 0.29) is 17.7 Å². The Hall–Kier alpha value is -2.31. The van der Waals surface area contributed by atoms with Crippen LogP contribution < -0.4 is 4.74 Å². The van der Waals surface area contributed by atoms with Gasteiger partial charge >= 0.3 is 0 Å². The lowest BCUT2D eigenvalue weighted by Crippen LogP contribution is -2.27. The molecule has 1 aliphatic heterocycles. The molecule has 6 heteroatoms. The maximum absolute atomic E-state index is 12.6. The summed E-state index contributed by atoms with van der Waals surface area (Å²) in [5, 5.41) is -0.261. The Bertz CT molecular complexity index is 877. The van der Waals surface area contributed by atoms with Crippen LogP contribution in [0.2, 0.25) is 0 Å². The number of rotatable bonds is 6. The number of thioether (sulfide) groups is 1. The third-order valence-corrected chi connectivity index (χ3v) is 5.39. The third kappa shape index (κ3) is 4.26. The molecule has 26 heavy (non-hydrogen) atoms. The van der Waals surface area contributed by atoms with Gasteiger partial charge in [0.25, 0.3) is 11.1 Å². The highest BCUT2D eigenvalue weighted by atomic mass is 79.9. The number of amides is 2. The molecule has 0 bridgehead atoms. The molecule has 3 rings (SSSR count). The Morgan fingerprint density at radius 2 is 1.85 bits per heavy atom. The van der Waals surface area contributed by atoms with Gasteiger partial charge in [-0.05, 0) is 47.2 Å². The Labute approximate surface area is 164 Å². The van der Waals surface area contributed by atoms with Gasteiger partial charge < -0.3 is 4.74 Å². The average Bonchev–Trinajstić information content (AvgIpc) is 2.90. The van der Waals surface area contributed by atoms with Crippen LogP contribution in [0.4, 0.5) is 4.79 Å². The van der Waals surface area contributed by atoms with E-state index in [9.17, 15) is 9.59 Å². The quantitative estimate of drug-likeness (QED) is 0.464. The van der Waals surface area contributed by atoms with E-state index in [4.69, 9.17) is 4.74 Å². The highest BCUT2D eigenvalue weighted by molar-refractivity contribution is 9.10. The van der Waals surface area contributed by atoms with E-state index in [2.05, 4.69) is 22.5 Å². The van der Waals surface area contributed by atoms with Crippen molar-refractivity contribution in [3.05, 3.63) is 81.7 Å². The molecular weight excluding hydrogens is 414 g/mol. The van der Waals surface area contributed by atoms with Crippen LogP contribution in [0.5, 0.6) is 5.75 Å². The number of carbonyl (C=O) groups is 2. The predicted molar refractivity (Wildman–Crippen MR) is 108 cm³/mol. The second-order valence-corrected chi connectivity index (χ2v) is 7.38. The van der Waals surface area contributed by atoms with Crippen LogP contribution in [-0.2, 0) is 11.3 Å². The van der Waals surface area contributed by atoms with Gasteiger partial charge in [-0.15, -0.1) is 0 Å². The van der Waals surface area contributed by atoms with Crippen molar-refractivity contribution in [2.24, 2.45) is 0 Å². The van der Waals surface area contributed by atoms with Crippen LogP contribution in [0.25, 0.3) is 6.08 Å². The van der Waals surface area contributed by atoms with E-state index in [1.807, 2.05) is 48.5 Å². The van der Waals surface area contributed by atoms with Crippen LogP contribution >= 0.6 is 27.7 Å². The van der Waals surface area contributed by atoms with Gasteiger partial charge in [0.15, 0.2) is 0 Å². The van der Waals surface area contributed by atoms with Crippen molar-refractivity contribution in [3.63, 3.8) is 0 Å². The molecule has 0 aliphatic carbocycles. The van der Waals surface area contributed by atoms with Crippen LogP contribution in [0, 0.1) is 0 Å². The summed E-state index contributed by atoms with van der Waals surface area (Å²) in [6, 6.07) is 14.9. The summed E-state index contributed by atoms with van der Waals surface area (Å²) >= 11 is 4.41. The second-order valence-electron chi connectivity index (χ2n) is 5.53. The number of nitrogens with zero attached hydrogens (tertiary/aromatic N) is 1. The first-order valence-electron chi connectivity index (χ1n) is 7.91. The minimum Gasteiger partial charge on any atom is -0.490 e. The van der Waals surface area contributed by atoms with Gasteiger partial charge in [-0.25, -0.2) is 0 Å². The molecule has 2 aromatic carbocycles. The molecule has 0 saturated carbocycles. The Morgan fingerprint density at radius 1 is 1.12 bits per heavy atom. The molecule has 132 valence electrons. The Balaban J connectivity index is 1.74. The molecule has 4 nitrogen and oxygen atoms in total. The minimum atomic E-state index is -0.275. The van der Waals surface area contributed by atoms with Crippen molar-refractivity contribution in [1.82, 2.24) is 4.90 Å². The topological polar surface area (TPSA) is 46.6 Å². The molecule has 1 saturated heterocycles. The van der Waals surface area contributed by atoms with Gasteiger partial charge in [0.05, 0.1) is 11.4 Å². The number of benzene rings is 2. The first-order valence-corrected chi connectivity index (χ1v) is 9.52. The average molecular weight is 430 g/mol. The number of hydrogen-bond acceptors (Lipinski definition) is 4. The fourth-order valence-electron chi connectivity index (χ4n) is 2.40. The Kier molecular flexibility index (Phi) is 5.96. The van der Waals surface area contributed by atoms with Crippen LogP contribution in [0.1, 0.15) is 11.1 Å². The molecule has 0 atom stereocenters. The summed E-state index contributed by atoms with van der Waals surface area (Å²) in [5.74, 6) is 0.451. The number of ether oxygens (including phenoxy) is 1. The molecule has 1 fully saturated rings. The molecule has 2 amide bonds. The van der Waals surface area contributed by atoms with E-state index in [1.54, 1.807) is 12.2 Å². The first-order chi connectivity index (χ1) is 12.6. The highest BCUT2D eigenvalue weighted by Gasteiger charge is 2.35. The van der Waals surface area contributed by atoms with E-state index >= 15 is 0 Å². The zero-order chi connectivity index (χ0) is 18.5. The van der Waals surface area contributed by atoms with Crippen molar-refractivity contribution >= 4 is 44.9 Å². The summed E-state index contributed by atoms with van der Waals surface area (Å²) in [5.41, 5.74) is 1.72. The third-order valence-electron chi connectivity index (χ3n) is 3.71. The highest BCUT2D eigenvalue weighted by Crippen LogP contribution is 2.34. The number of halogens is 1. The normalized spacial score (nSPS) is 15.6. The molecular formula is C20H16BrNO3S. The summed E-state index contributed by atoms with van der Waals surface area (Å²) < 4.78 is 6.31. The van der Waals surface area contributed by atoms with E-state index in [0.29, 0.717) is 11.5 Å². The summed E-state index contributed by atoms with van der Waals surface area (Å²) in [7, 11) is 0. The molecule has 0 spiro atoms. The monoisotopic (exact) mass is 429 g/mol. The van der Waals surface area contributed by atoms with Crippen molar-refractivity contribution in [3.8, 4) is 5.75 Å². The Morgan fingerprint density at radius 3 is 2.54 bits per heavy atom. The van der Waals surface area contributed by atoms with Crippen molar-refractivity contribution in [2.45, 2.75) is 6.54 Å². The van der Waals surface area contributed by atoms with Gasteiger partial charge in [-0.3, -0.25) is 14.5 Å². The summed E-state index contributed by atoms with van der Waals surface area (Å²) in [4.78, 5) is 26.5. The zero-order valence-electron chi connectivity index (χ0n) is 13.9. The summed E-state index contributed by atoms with van der Waals surface area (Å²) in [6.45, 7) is 4.29. The molecule has 0 radical (unpaired) electrons. The van der Waals surface area contributed by atoms with Crippen LogP contribution in [0.15, 0.2) is 70.6 Å². The lowest BCUT2D eigenvalue weighted by atomic mass is 10.2. The SMILES string of the molecule is C=CCOc1ccc(/C=C2\SC(=O)N(Cc3ccccc3Br)C2=O)cc1. The van der Waals surface area contributed by atoms with Gasteiger partial charge in [0.1, 0.15) is 12.4 Å². The number of imide groups is 1. The summed E-state index contributed by atoms with van der Waals surface area (Å²) in [6.07, 6.45) is 3.40. The van der Waals surface area contributed by atoms with Gasteiger partial charge in [0.2, 0.25) is 0 Å². The minimum absolute atomic E-state index is 0.248. The van der Waals surface area contributed by atoms with Crippen molar-refractivity contribution in [1.29, 1.82) is 0 Å². The maximum atomic E-state index is 12.6. The lowest BCUT2D eigenvalue weighted by molar-refractivity contribution is -0.123. The first kappa shape index (κ1) is 18.5.